The first-order valence-corrected chi connectivity index (χ1v) is 11.5. The van der Waals surface area contributed by atoms with E-state index in [-0.39, 0.29) is 0 Å². The predicted octanol–water partition coefficient (Wildman–Crippen LogP) is 3.52. The summed E-state index contributed by atoms with van der Waals surface area (Å²) in [4.78, 5) is 0. The number of nitriles is 1. The van der Waals surface area contributed by atoms with Crippen molar-refractivity contribution in [2.24, 2.45) is 0 Å². The zero-order valence-corrected chi connectivity index (χ0v) is 19.4. The highest BCUT2D eigenvalue weighted by Gasteiger charge is 2.07. The van der Waals surface area contributed by atoms with E-state index in [9.17, 15) is 0 Å². The maximum Gasteiger partial charge on any atom is 0.123 e. The van der Waals surface area contributed by atoms with Crippen LogP contribution in [-0.2, 0) is 17.7 Å². The van der Waals surface area contributed by atoms with Crippen LogP contribution >= 0.6 is 0 Å². The van der Waals surface area contributed by atoms with Gasteiger partial charge in [-0.3, -0.25) is 9.67 Å². The Kier molecular flexibility index (Phi) is 8.22. The third kappa shape index (κ3) is 6.41. The van der Waals surface area contributed by atoms with Gasteiger partial charge in [-0.05, 0) is 49.6 Å². The second-order valence-electron chi connectivity index (χ2n) is 8.28. The summed E-state index contributed by atoms with van der Waals surface area (Å²) in [5.74, 6) is 0. The average Bonchev–Trinajstić information content (AvgIpc) is 3.52. The van der Waals surface area contributed by atoms with Gasteiger partial charge in [0.05, 0.1) is 36.5 Å². The Balaban J connectivity index is 1.12. The molecule has 3 N–H and O–H groups in total. The molecule has 0 radical (unpaired) electrons. The fraction of sp³-hybridized carbons (Fsp3) is 0.360. The summed E-state index contributed by atoms with van der Waals surface area (Å²) >= 11 is 0. The van der Waals surface area contributed by atoms with Gasteiger partial charge in [-0.2, -0.15) is 10.4 Å². The highest BCUT2D eigenvalue weighted by atomic mass is 16.5. The van der Waals surface area contributed by atoms with Crippen LogP contribution in [-0.4, -0.2) is 51.3 Å². The maximum atomic E-state index is 8.90. The smallest absolute Gasteiger partial charge is 0.123 e. The molecular weight excluding hydrogens is 428 g/mol. The third-order valence-corrected chi connectivity index (χ3v) is 5.52. The lowest BCUT2D eigenvalue weighted by molar-refractivity contribution is 0.140. The molecule has 4 rings (SSSR count). The number of anilines is 1. The number of nitrogens with one attached hydrogen (secondary N) is 3. The number of aryl methyl sites for hydroxylation is 1. The van der Waals surface area contributed by atoms with Crippen LogP contribution in [0.3, 0.4) is 0 Å². The third-order valence-electron chi connectivity index (χ3n) is 5.52. The molecule has 0 saturated heterocycles. The molecule has 0 bridgehead atoms. The Morgan fingerprint density at radius 3 is 2.74 bits per heavy atom. The van der Waals surface area contributed by atoms with E-state index in [0.29, 0.717) is 19.6 Å². The number of aromatic nitrogens is 5. The quantitative estimate of drug-likeness (QED) is 0.263. The SMILES string of the molecule is Cc1cc(CC#N)cc(CNCCCCOCCNc2cc(-n3cnnc3)cc3[nH]ncc23)c1. The van der Waals surface area contributed by atoms with Crippen molar-refractivity contribution >= 4 is 16.6 Å². The molecule has 2 aromatic carbocycles. The Morgan fingerprint density at radius 2 is 1.88 bits per heavy atom. The first kappa shape index (κ1) is 23.4. The summed E-state index contributed by atoms with van der Waals surface area (Å²) in [6, 6.07) is 12.7. The Hall–Kier alpha value is -3.74. The van der Waals surface area contributed by atoms with Gasteiger partial charge in [0.25, 0.3) is 0 Å². The molecule has 4 aromatic rings. The van der Waals surface area contributed by atoms with Crippen LogP contribution in [0.15, 0.2) is 49.2 Å². The molecule has 0 atom stereocenters. The summed E-state index contributed by atoms with van der Waals surface area (Å²) < 4.78 is 7.67. The number of ether oxygens (including phenoxy) is 1. The molecule has 0 spiro atoms. The number of rotatable bonds is 13. The number of hydrogen-bond acceptors (Lipinski definition) is 7. The number of unbranched alkanes of at least 4 members (excludes halogenated alkanes) is 1. The second kappa shape index (κ2) is 11.9. The number of fused-ring (bicyclic) bond motifs is 1. The van der Waals surface area contributed by atoms with Crippen LogP contribution < -0.4 is 10.6 Å². The molecule has 0 amide bonds. The zero-order chi connectivity index (χ0) is 23.6. The molecule has 9 heteroatoms. The van der Waals surface area contributed by atoms with Crippen molar-refractivity contribution in [3.05, 3.63) is 65.9 Å². The molecule has 0 saturated carbocycles. The summed E-state index contributed by atoms with van der Waals surface area (Å²) in [7, 11) is 0. The van der Waals surface area contributed by atoms with Crippen molar-refractivity contribution in [1.82, 2.24) is 30.3 Å². The van der Waals surface area contributed by atoms with Crippen LogP contribution in [0.25, 0.3) is 16.6 Å². The average molecular weight is 459 g/mol. The lowest BCUT2D eigenvalue weighted by atomic mass is 10.0. The fourth-order valence-corrected chi connectivity index (χ4v) is 3.96. The Labute approximate surface area is 199 Å². The van der Waals surface area contributed by atoms with Crippen molar-refractivity contribution in [1.29, 1.82) is 5.26 Å². The first-order valence-electron chi connectivity index (χ1n) is 11.5. The van der Waals surface area contributed by atoms with Gasteiger partial charge in [-0.15, -0.1) is 10.2 Å². The first-order chi connectivity index (χ1) is 16.7. The summed E-state index contributed by atoms with van der Waals surface area (Å²) in [5, 5.41) is 31.8. The number of benzene rings is 2. The van der Waals surface area contributed by atoms with Crippen LogP contribution in [0, 0.1) is 18.3 Å². The number of nitrogens with zero attached hydrogens (tertiary/aromatic N) is 5. The van der Waals surface area contributed by atoms with E-state index in [1.165, 1.54) is 11.1 Å². The van der Waals surface area contributed by atoms with E-state index >= 15 is 0 Å². The number of aromatic amines is 1. The van der Waals surface area contributed by atoms with E-state index in [1.54, 1.807) is 12.7 Å². The minimum Gasteiger partial charge on any atom is -0.382 e. The van der Waals surface area contributed by atoms with E-state index in [1.807, 2.05) is 16.8 Å². The van der Waals surface area contributed by atoms with E-state index in [4.69, 9.17) is 10.00 Å². The van der Waals surface area contributed by atoms with Gasteiger partial charge in [0.15, 0.2) is 0 Å². The lowest BCUT2D eigenvalue weighted by Crippen LogP contribution is -2.16. The van der Waals surface area contributed by atoms with Crippen molar-refractivity contribution in [2.75, 3.05) is 31.6 Å². The zero-order valence-electron chi connectivity index (χ0n) is 19.4. The van der Waals surface area contributed by atoms with Gasteiger partial charge in [0.1, 0.15) is 12.7 Å². The van der Waals surface area contributed by atoms with E-state index in [0.717, 1.165) is 60.4 Å². The molecule has 0 aliphatic heterocycles. The fourth-order valence-electron chi connectivity index (χ4n) is 3.96. The molecule has 0 fully saturated rings. The number of H-pyrrole nitrogens is 1. The minimum absolute atomic E-state index is 0.460. The molecule has 2 heterocycles. The highest BCUT2D eigenvalue weighted by Crippen LogP contribution is 2.25. The molecule has 0 aliphatic carbocycles. The van der Waals surface area contributed by atoms with Gasteiger partial charge >= 0.3 is 0 Å². The normalized spacial score (nSPS) is 11.1. The van der Waals surface area contributed by atoms with Crippen LogP contribution in [0.5, 0.6) is 0 Å². The molecule has 2 aromatic heterocycles. The van der Waals surface area contributed by atoms with Gasteiger partial charge in [-0.1, -0.05) is 23.8 Å². The van der Waals surface area contributed by atoms with Crippen molar-refractivity contribution in [3.63, 3.8) is 0 Å². The lowest BCUT2D eigenvalue weighted by Gasteiger charge is -2.11. The molecule has 176 valence electrons. The monoisotopic (exact) mass is 458 g/mol. The van der Waals surface area contributed by atoms with Crippen LogP contribution in [0.4, 0.5) is 5.69 Å². The minimum atomic E-state index is 0.460. The number of hydrogen-bond donors (Lipinski definition) is 3. The van der Waals surface area contributed by atoms with E-state index < -0.39 is 0 Å². The summed E-state index contributed by atoms with van der Waals surface area (Å²) in [6.45, 7) is 5.92. The largest absolute Gasteiger partial charge is 0.382 e. The highest BCUT2D eigenvalue weighted by molar-refractivity contribution is 5.93. The molecule has 0 aliphatic rings. The van der Waals surface area contributed by atoms with Crippen LogP contribution in [0.1, 0.15) is 29.5 Å². The van der Waals surface area contributed by atoms with Crippen molar-refractivity contribution in [2.45, 2.75) is 32.7 Å². The Morgan fingerprint density at radius 1 is 1.03 bits per heavy atom. The van der Waals surface area contributed by atoms with Gasteiger partial charge < -0.3 is 15.4 Å². The molecule has 9 nitrogen and oxygen atoms in total. The topological polar surface area (TPSA) is 116 Å². The van der Waals surface area contributed by atoms with Crippen molar-refractivity contribution < 1.29 is 4.74 Å². The Bertz CT molecular complexity index is 1230. The van der Waals surface area contributed by atoms with Gasteiger partial charge in [0.2, 0.25) is 0 Å². The molecule has 0 unspecified atom stereocenters. The van der Waals surface area contributed by atoms with Gasteiger partial charge in [-0.25, -0.2) is 0 Å². The predicted molar refractivity (Wildman–Crippen MR) is 132 cm³/mol. The standard InChI is InChI=1S/C25H30N8O/c1-19-10-20(4-5-26)12-21(11-19)15-27-6-2-3-8-34-9-7-28-24-13-22(33-17-30-31-18-33)14-25-23(24)16-29-32-25/h10-14,16-18,27-28H,2-4,6-9,15H2,1H3,(H,29,32). The van der Waals surface area contributed by atoms with Crippen molar-refractivity contribution in [3.8, 4) is 11.8 Å². The molecular formula is C25H30N8O. The van der Waals surface area contributed by atoms with Crippen LogP contribution in [0.2, 0.25) is 0 Å². The summed E-state index contributed by atoms with van der Waals surface area (Å²) in [6.07, 6.45) is 7.69. The van der Waals surface area contributed by atoms with E-state index in [2.05, 4.69) is 68.3 Å². The van der Waals surface area contributed by atoms with Gasteiger partial charge in [0, 0.05) is 30.8 Å². The molecule has 34 heavy (non-hydrogen) atoms. The second-order valence-corrected chi connectivity index (χ2v) is 8.28. The summed E-state index contributed by atoms with van der Waals surface area (Å²) in [5.41, 5.74) is 6.42. The maximum absolute atomic E-state index is 8.90.